The summed E-state index contributed by atoms with van der Waals surface area (Å²) in [5.74, 6) is 0. The molecule has 0 spiro atoms. The highest BCUT2D eigenvalue weighted by atomic mass is 16.1. The first-order valence-electron chi connectivity index (χ1n) is 12.3. The van der Waals surface area contributed by atoms with E-state index in [0.29, 0.717) is 6.54 Å². The molecule has 3 aromatic carbocycles. The number of aromatic nitrogens is 1. The molecule has 0 aliphatic rings. The van der Waals surface area contributed by atoms with Gasteiger partial charge in [-0.05, 0) is 64.7 Å². The third-order valence-electron chi connectivity index (χ3n) is 6.56. The Morgan fingerprint density at radius 2 is 1.37 bits per heavy atom. The zero-order chi connectivity index (χ0) is 25.2. The summed E-state index contributed by atoms with van der Waals surface area (Å²) in [4.78, 5) is 20.5. The topological polar surface area (TPSA) is 39.3 Å². The molecule has 0 bridgehead atoms. The number of nitrogens with zero attached hydrogens (tertiary/aromatic N) is 2. The Balaban J connectivity index is 1.63. The van der Waals surface area contributed by atoms with Gasteiger partial charge in [-0.3, -0.25) is 9.69 Å². The number of fused-ring (bicyclic) bond motifs is 1. The summed E-state index contributed by atoms with van der Waals surface area (Å²) < 4.78 is 0. The molecule has 4 aromatic rings. The second-order valence-corrected chi connectivity index (χ2v) is 10.9. The van der Waals surface area contributed by atoms with Crippen LogP contribution in [0, 0.1) is 6.92 Å². The van der Waals surface area contributed by atoms with Crippen LogP contribution in [-0.2, 0) is 25.0 Å². The van der Waals surface area contributed by atoms with E-state index in [1.165, 1.54) is 27.9 Å². The van der Waals surface area contributed by atoms with E-state index >= 15 is 0 Å². The van der Waals surface area contributed by atoms with Crippen molar-refractivity contribution < 1.29 is 0 Å². The van der Waals surface area contributed by atoms with Gasteiger partial charge in [0.1, 0.15) is 0 Å². The Kier molecular flexibility index (Phi) is 7.13. The number of nitrogens with one attached hydrogen (secondary N) is 1. The normalized spacial score (nSPS) is 11.9. The molecule has 0 unspecified atom stereocenters. The summed E-state index contributed by atoms with van der Waals surface area (Å²) in [7, 11) is 4.10. The number of pyridine rings is 1. The molecule has 0 amide bonds. The van der Waals surface area contributed by atoms with Gasteiger partial charge in [-0.2, -0.15) is 0 Å². The van der Waals surface area contributed by atoms with Gasteiger partial charge >= 0.3 is 0 Å². The lowest BCUT2D eigenvalue weighted by Gasteiger charge is -2.24. The van der Waals surface area contributed by atoms with Crippen LogP contribution in [0.4, 0.5) is 5.69 Å². The summed E-state index contributed by atoms with van der Waals surface area (Å²) in [6.45, 7) is 10.9. The molecule has 0 fully saturated rings. The lowest BCUT2D eigenvalue weighted by atomic mass is 9.87. The average molecular weight is 468 g/mol. The molecule has 0 aliphatic heterocycles. The molecule has 0 radical (unpaired) electrons. The van der Waals surface area contributed by atoms with Crippen molar-refractivity contribution in [2.24, 2.45) is 0 Å². The minimum absolute atomic E-state index is 0.0163. The van der Waals surface area contributed by atoms with E-state index in [1.54, 1.807) is 0 Å². The zero-order valence-electron chi connectivity index (χ0n) is 21.9. The third-order valence-corrected chi connectivity index (χ3v) is 6.56. The van der Waals surface area contributed by atoms with Gasteiger partial charge in [0.25, 0.3) is 5.56 Å². The van der Waals surface area contributed by atoms with E-state index in [4.69, 9.17) is 0 Å². The fourth-order valence-electron chi connectivity index (χ4n) is 4.42. The largest absolute Gasteiger partial charge is 0.378 e. The quantitative estimate of drug-likeness (QED) is 0.342. The molecule has 1 heterocycles. The summed E-state index contributed by atoms with van der Waals surface area (Å²) >= 11 is 0. The molecular weight excluding hydrogens is 430 g/mol. The summed E-state index contributed by atoms with van der Waals surface area (Å²) in [5.41, 5.74) is 7.96. The molecule has 35 heavy (non-hydrogen) atoms. The Morgan fingerprint density at radius 1 is 0.771 bits per heavy atom. The third kappa shape index (κ3) is 6.20. The molecule has 0 saturated heterocycles. The molecular formula is C31H37N3O. The van der Waals surface area contributed by atoms with Gasteiger partial charge in [0.05, 0.1) is 0 Å². The van der Waals surface area contributed by atoms with E-state index in [1.807, 2.05) is 18.2 Å². The van der Waals surface area contributed by atoms with Gasteiger partial charge in [0, 0.05) is 50.5 Å². The zero-order valence-corrected chi connectivity index (χ0v) is 21.9. The number of hydrogen-bond donors (Lipinski definition) is 1. The Morgan fingerprint density at radius 3 is 1.94 bits per heavy atom. The van der Waals surface area contributed by atoms with Crippen LogP contribution >= 0.6 is 0 Å². The minimum atomic E-state index is -0.0163. The minimum Gasteiger partial charge on any atom is -0.378 e. The lowest BCUT2D eigenvalue weighted by molar-refractivity contribution is 0.247. The lowest BCUT2D eigenvalue weighted by Crippen LogP contribution is -2.26. The standard InChI is InChI=1S/C31H37N3O/c1-22-7-16-29-25(17-22)18-26(30(35)32-29)21-34(20-24-10-14-28(15-11-24)33(5)6)19-23-8-12-27(13-9-23)31(2,3)4/h7-18H,19-21H2,1-6H3,(H,32,35). The van der Waals surface area contributed by atoms with E-state index in [-0.39, 0.29) is 11.0 Å². The smallest absolute Gasteiger partial charge is 0.252 e. The van der Waals surface area contributed by atoms with E-state index in [2.05, 4.69) is 111 Å². The molecule has 1 N–H and O–H groups in total. The van der Waals surface area contributed by atoms with Gasteiger partial charge < -0.3 is 9.88 Å². The fourth-order valence-corrected chi connectivity index (χ4v) is 4.42. The van der Waals surface area contributed by atoms with Crippen LogP contribution in [-0.4, -0.2) is 24.0 Å². The number of hydrogen-bond acceptors (Lipinski definition) is 3. The first-order valence-corrected chi connectivity index (χ1v) is 12.3. The highest BCUT2D eigenvalue weighted by Gasteiger charge is 2.15. The number of H-pyrrole nitrogens is 1. The number of benzene rings is 3. The van der Waals surface area contributed by atoms with Crippen LogP contribution in [0.3, 0.4) is 0 Å². The van der Waals surface area contributed by atoms with Gasteiger partial charge in [-0.1, -0.05) is 68.8 Å². The number of aryl methyl sites for hydroxylation is 1. The maximum absolute atomic E-state index is 12.9. The van der Waals surface area contributed by atoms with Gasteiger partial charge in [0.2, 0.25) is 0 Å². The van der Waals surface area contributed by atoms with Crippen LogP contribution in [0.1, 0.15) is 48.6 Å². The van der Waals surface area contributed by atoms with Crippen LogP contribution < -0.4 is 10.5 Å². The van der Waals surface area contributed by atoms with Crippen molar-refractivity contribution in [2.75, 3.05) is 19.0 Å². The molecule has 0 aliphatic carbocycles. The van der Waals surface area contributed by atoms with Crippen molar-refractivity contribution in [3.63, 3.8) is 0 Å². The number of anilines is 1. The molecule has 0 atom stereocenters. The maximum atomic E-state index is 12.9. The Hall–Kier alpha value is -3.37. The van der Waals surface area contributed by atoms with Crippen molar-refractivity contribution in [3.05, 3.63) is 111 Å². The first-order chi connectivity index (χ1) is 16.6. The van der Waals surface area contributed by atoms with Crippen molar-refractivity contribution in [2.45, 2.75) is 52.7 Å². The second kappa shape index (κ2) is 10.1. The predicted molar refractivity (Wildman–Crippen MR) is 148 cm³/mol. The molecule has 4 rings (SSSR count). The molecule has 4 nitrogen and oxygen atoms in total. The van der Waals surface area contributed by atoms with E-state index < -0.39 is 0 Å². The number of rotatable bonds is 7. The maximum Gasteiger partial charge on any atom is 0.252 e. The van der Waals surface area contributed by atoms with Crippen molar-refractivity contribution in [1.29, 1.82) is 0 Å². The monoisotopic (exact) mass is 467 g/mol. The van der Waals surface area contributed by atoms with Crippen molar-refractivity contribution in [3.8, 4) is 0 Å². The Bertz CT molecular complexity index is 1340. The molecule has 182 valence electrons. The molecule has 0 saturated carbocycles. The first kappa shape index (κ1) is 24.7. The number of aromatic amines is 1. The van der Waals surface area contributed by atoms with Crippen LogP contribution in [0.25, 0.3) is 10.9 Å². The summed E-state index contributed by atoms with van der Waals surface area (Å²) in [5, 5.41) is 1.07. The second-order valence-electron chi connectivity index (χ2n) is 10.9. The van der Waals surface area contributed by atoms with E-state index in [0.717, 1.165) is 29.6 Å². The fraction of sp³-hybridized carbons (Fsp3) is 0.323. The van der Waals surface area contributed by atoms with Crippen LogP contribution in [0.15, 0.2) is 77.6 Å². The predicted octanol–water partition coefficient (Wildman–Crippen LogP) is 6.40. The highest BCUT2D eigenvalue weighted by molar-refractivity contribution is 5.79. The Labute approximate surface area is 209 Å². The van der Waals surface area contributed by atoms with Crippen LogP contribution in [0.2, 0.25) is 0 Å². The summed E-state index contributed by atoms with van der Waals surface area (Å²) in [6, 6.07) is 25.7. The van der Waals surface area contributed by atoms with Crippen LogP contribution in [0.5, 0.6) is 0 Å². The molecule has 1 aromatic heterocycles. The van der Waals surface area contributed by atoms with Gasteiger partial charge in [0.15, 0.2) is 0 Å². The van der Waals surface area contributed by atoms with Crippen molar-refractivity contribution in [1.82, 2.24) is 9.88 Å². The van der Waals surface area contributed by atoms with Crippen molar-refractivity contribution >= 4 is 16.6 Å². The highest BCUT2D eigenvalue weighted by Crippen LogP contribution is 2.23. The van der Waals surface area contributed by atoms with E-state index in [9.17, 15) is 4.79 Å². The van der Waals surface area contributed by atoms with Gasteiger partial charge in [-0.15, -0.1) is 0 Å². The SMILES string of the molecule is Cc1ccc2[nH]c(=O)c(CN(Cc3ccc(N(C)C)cc3)Cc3ccc(C(C)(C)C)cc3)cc2c1. The molecule has 4 heteroatoms. The average Bonchev–Trinajstić information content (AvgIpc) is 2.80. The summed E-state index contributed by atoms with van der Waals surface area (Å²) in [6.07, 6.45) is 0. The van der Waals surface area contributed by atoms with Gasteiger partial charge in [-0.25, -0.2) is 0 Å².